The molecule has 8 heteroatoms. The van der Waals surface area contributed by atoms with Gasteiger partial charge >= 0.3 is 0 Å². The van der Waals surface area contributed by atoms with Crippen molar-refractivity contribution in [3.8, 4) is 17.3 Å². The molecule has 0 saturated carbocycles. The summed E-state index contributed by atoms with van der Waals surface area (Å²) in [6.07, 6.45) is 1.40. The van der Waals surface area contributed by atoms with E-state index in [4.69, 9.17) is 0 Å². The number of hydrazone groups is 1. The molecule has 1 aromatic heterocycles. The number of nitrogens with zero attached hydrogens (tertiary/aromatic N) is 3. The van der Waals surface area contributed by atoms with Gasteiger partial charge in [0.25, 0.3) is 5.56 Å². The van der Waals surface area contributed by atoms with Gasteiger partial charge in [0.1, 0.15) is 17.4 Å². The number of aromatic amines is 1. The molecule has 3 rings (SSSR count). The molecule has 27 heavy (non-hydrogen) atoms. The van der Waals surface area contributed by atoms with Gasteiger partial charge in [0.15, 0.2) is 0 Å². The third kappa shape index (κ3) is 4.27. The minimum atomic E-state index is -0.572. The minimum Gasteiger partial charge on any atom is -0.290 e. The van der Waals surface area contributed by atoms with Crippen LogP contribution >= 0.6 is 15.9 Å². The van der Waals surface area contributed by atoms with Gasteiger partial charge in [-0.15, -0.1) is 0 Å². The van der Waals surface area contributed by atoms with Gasteiger partial charge in [0, 0.05) is 10.9 Å². The Labute approximate surface area is 162 Å². The molecule has 1 heterocycles. The van der Waals surface area contributed by atoms with Crippen LogP contribution in [0, 0.1) is 17.1 Å². The molecule has 0 saturated heterocycles. The van der Waals surface area contributed by atoms with E-state index in [0.29, 0.717) is 22.0 Å². The quantitative estimate of drug-likeness (QED) is 0.369. The number of nitrogens with one attached hydrogen (secondary N) is 2. The molecule has 0 atom stereocenters. The number of hydrogen-bond donors (Lipinski definition) is 2. The summed E-state index contributed by atoms with van der Waals surface area (Å²) < 4.78 is 13.8. The number of aromatic nitrogens is 2. The first kappa shape index (κ1) is 18.5. The van der Waals surface area contributed by atoms with Crippen LogP contribution in [0.25, 0.3) is 11.3 Å². The van der Waals surface area contributed by atoms with Crippen LogP contribution in [0.5, 0.6) is 0 Å². The van der Waals surface area contributed by atoms with E-state index in [1.807, 2.05) is 12.1 Å². The Morgan fingerprint density at radius 1 is 1.30 bits per heavy atom. The molecule has 0 radical (unpaired) electrons. The van der Waals surface area contributed by atoms with Gasteiger partial charge in [-0.2, -0.15) is 10.4 Å². The second-order valence-corrected chi connectivity index (χ2v) is 6.03. The zero-order valence-electron chi connectivity index (χ0n) is 13.9. The molecular weight excluding hydrogens is 413 g/mol. The first-order valence-corrected chi connectivity index (χ1v) is 8.98. The SMILES string of the molecule is N#Cc1c(-c2ccccc2)nc(NN=Cc2ccc(CBr)c(F)c2)[nH]c1=O. The molecule has 0 bridgehead atoms. The highest BCUT2D eigenvalue weighted by Gasteiger charge is 2.12. The highest BCUT2D eigenvalue weighted by molar-refractivity contribution is 9.08. The van der Waals surface area contributed by atoms with E-state index >= 15 is 0 Å². The van der Waals surface area contributed by atoms with Crippen LogP contribution in [0.4, 0.5) is 10.3 Å². The third-order valence-corrected chi connectivity index (χ3v) is 4.29. The third-order valence-electron chi connectivity index (χ3n) is 3.68. The number of alkyl halides is 1. The number of benzene rings is 2. The molecule has 2 N–H and O–H groups in total. The van der Waals surface area contributed by atoms with Crippen molar-refractivity contribution in [2.45, 2.75) is 5.33 Å². The minimum absolute atomic E-state index is 0.0756. The van der Waals surface area contributed by atoms with E-state index in [9.17, 15) is 14.4 Å². The summed E-state index contributed by atoms with van der Waals surface area (Å²) in [4.78, 5) is 18.9. The lowest BCUT2D eigenvalue weighted by Gasteiger charge is -2.06. The molecule has 6 nitrogen and oxygen atoms in total. The normalized spacial score (nSPS) is 10.7. The van der Waals surface area contributed by atoms with Crippen LogP contribution < -0.4 is 11.0 Å². The summed E-state index contributed by atoms with van der Waals surface area (Å²) in [6, 6.07) is 15.5. The Balaban J connectivity index is 1.88. The molecule has 0 unspecified atom stereocenters. The van der Waals surface area contributed by atoms with Crippen molar-refractivity contribution in [1.82, 2.24) is 9.97 Å². The summed E-state index contributed by atoms with van der Waals surface area (Å²) in [5.74, 6) is -0.265. The summed E-state index contributed by atoms with van der Waals surface area (Å²) in [5, 5.41) is 13.6. The van der Waals surface area contributed by atoms with Gasteiger partial charge in [-0.05, 0) is 17.2 Å². The van der Waals surface area contributed by atoms with Crippen molar-refractivity contribution in [1.29, 1.82) is 5.26 Å². The number of rotatable bonds is 5. The molecule has 3 aromatic rings. The van der Waals surface area contributed by atoms with Crippen LogP contribution in [0.1, 0.15) is 16.7 Å². The molecule has 0 spiro atoms. The van der Waals surface area contributed by atoms with Crippen LogP contribution in [-0.4, -0.2) is 16.2 Å². The van der Waals surface area contributed by atoms with Gasteiger partial charge in [-0.25, -0.2) is 14.8 Å². The molecule has 0 aliphatic rings. The summed E-state index contributed by atoms with van der Waals surface area (Å²) >= 11 is 3.21. The van der Waals surface area contributed by atoms with E-state index in [-0.39, 0.29) is 23.0 Å². The molecule has 134 valence electrons. The fourth-order valence-corrected chi connectivity index (χ4v) is 2.81. The van der Waals surface area contributed by atoms with Gasteiger partial charge < -0.3 is 0 Å². The Kier molecular flexibility index (Phi) is 5.74. The van der Waals surface area contributed by atoms with Crippen molar-refractivity contribution in [2.24, 2.45) is 5.10 Å². The van der Waals surface area contributed by atoms with E-state index in [0.717, 1.165) is 0 Å². The lowest BCUT2D eigenvalue weighted by Crippen LogP contribution is -2.16. The topological polar surface area (TPSA) is 93.9 Å². The Hall–Kier alpha value is -3.31. The molecule has 0 amide bonds. The Bertz CT molecular complexity index is 1090. The highest BCUT2D eigenvalue weighted by Crippen LogP contribution is 2.19. The van der Waals surface area contributed by atoms with Crippen LogP contribution in [-0.2, 0) is 5.33 Å². The lowest BCUT2D eigenvalue weighted by atomic mass is 10.1. The van der Waals surface area contributed by atoms with Crippen LogP contribution in [0.15, 0.2) is 58.4 Å². The lowest BCUT2D eigenvalue weighted by molar-refractivity contribution is 0.617. The Morgan fingerprint density at radius 3 is 2.74 bits per heavy atom. The standard InChI is InChI=1S/C19H13BrFN5O/c20-9-14-7-6-12(8-16(14)21)11-23-26-19-24-17(13-4-2-1-3-5-13)15(10-22)18(27)25-19/h1-8,11H,9H2,(H2,24,25,26,27). The van der Waals surface area contributed by atoms with Gasteiger partial charge in [0.2, 0.25) is 5.95 Å². The number of H-pyrrole nitrogens is 1. The first-order chi connectivity index (χ1) is 13.1. The van der Waals surface area contributed by atoms with Crippen molar-refractivity contribution < 1.29 is 4.39 Å². The molecular formula is C19H13BrFN5O. The maximum Gasteiger partial charge on any atom is 0.270 e. The predicted molar refractivity (Wildman–Crippen MR) is 105 cm³/mol. The number of anilines is 1. The van der Waals surface area contributed by atoms with E-state index in [2.05, 4.69) is 36.4 Å². The molecule has 0 fully saturated rings. The van der Waals surface area contributed by atoms with Crippen molar-refractivity contribution in [2.75, 3.05) is 5.43 Å². The average molecular weight is 426 g/mol. The van der Waals surface area contributed by atoms with E-state index in [1.54, 1.807) is 36.4 Å². The van der Waals surface area contributed by atoms with Gasteiger partial charge in [-0.1, -0.05) is 58.4 Å². The number of hydrogen-bond acceptors (Lipinski definition) is 5. The maximum atomic E-state index is 13.8. The zero-order chi connectivity index (χ0) is 19.2. The summed E-state index contributed by atoms with van der Waals surface area (Å²) in [5.41, 5.74) is 3.94. The molecule has 0 aliphatic carbocycles. The predicted octanol–water partition coefficient (Wildman–Crippen LogP) is 3.79. The Morgan fingerprint density at radius 2 is 2.07 bits per heavy atom. The van der Waals surface area contributed by atoms with Crippen molar-refractivity contribution in [3.05, 3.63) is 81.4 Å². The molecule has 2 aromatic carbocycles. The average Bonchev–Trinajstić information content (AvgIpc) is 2.68. The number of halogens is 2. The maximum absolute atomic E-state index is 13.8. The highest BCUT2D eigenvalue weighted by atomic mass is 79.9. The van der Waals surface area contributed by atoms with Crippen LogP contribution in [0.2, 0.25) is 0 Å². The van der Waals surface area contributed by atoms with Crippen molar-refractivity contribution >= 4 is 28.1 Å². The van der Waals surface area contributed by atoms with E-state index in [1.165, 1.54) is 12.3 Å². The second-order valence-electron chi connectivity index (χ2n) is 5.47. The fraction of sp³-hybridized carbons (Fsp3) is 0.0526. The zero-order valence-corrected chi connectivity index (χ0v) is 15.5. The summed E-state index contributed by atoms with van der Waals surface area (Å²) in [7, 11) is 0. The largest absolute Gasteiger partial charge is 0.290 e. The van der Waals surface area contributed by atoms with Crippen molar-refractivity contribution in [3.63, 3.8) is 0 Å². The fourth-order valence-electron chi connectivity index (χ4n) is 2.36. The van der Waals surface area contributed by atoms with Gasteiger partial charge in [0.05, 0.1) is 11.9 Å². The second kappa shape index (κ2) is 8.38. The molecule has 0 aliphatic heterocycles. The van der Waals surface area contributed by atoms with E-state index < -0.39 is 5.56 Å². The van der Waals surface area contributed by atoms with Crippen LogP contribution in [0.3, 0.4) is 0 Å². The monoisotopic (exact) mass is 425 g/mol. The first-order valence-electron chi connectivity index (χ1n) is 7.85. The summed E-state index contributed by atoms with van der Waals surface area (Å²) in [6.45, 7) is 0. The number of nitriles is 1. The van der Waals surface area contributed by atoms with Gasteiger partial charge in [-0.3, -0.25) is 9.78 Å². The smallest absolute Gasteiger partial charge is 0.270 e.